The topological polar surface area (TPSA) is 96.2 Å². The number of aryl methyl sites for hydroxylation is 1. The Morgan fingerprint density at radius 2 is 1.84 bits per heavy atom. The number of carbonyl (C=O) groups is 1. The first-order chi connectivity index (χ1) is 14.9. The molecule has 0 aliphatic carbocycles. The molecule has 0 saturated carbocycles. The Kier molecular flexibility index (Phi) is 6.01. The Morgan fingerprint density at radius 3 is 2.48 bits per heavy atom. The minimum atomic E-state index is -3.60. The standard InChI is InChI=1S/C21H22N2O6S2/c1-3-23-16-12-17-18(29-10-9-28-17)13-19(16)30-21(23)22-20(24)8-11-31(25,26)15-6-4-14(27-2)5-7-15/h4-7,12-13H,3,8-11H2,1-2H3. The maximum atomic E-state index is 12.5. The van der Waals surface area contributed by atoms with Crippen molar-refractivity contribution in [3.05, 3.63) is 41.2 Å². The van der Waals surface area contributed by atoms with E-state index in [1.807, 2.05) is 23.6 Å². The minimum absolute atomic E-state index is 0.150. The number of sulfone groups is 1. The third-order valence-electron chi connectivity index (χ3n) is 4.89. The lowest BCUT2D eigenvalue weighted by Gasteiger charge is -2.18. The van der Waals surface area contributed by atoms with Crippen LogP contribution in [-0.4, -0.2) is 45.0 Å². The highest BCUT2D eigenvalue weighted by atomic mass is 32.2. The van der Waals surface area contributed by atoms with Gasteiger partial charge in [-0.15, -0.1) is 0 Å². The van der Waals surface area contributed by atoms with Crippen LogP contribution in [0.25, 0.3) is 10.2 Å². The van der Waals surface area contributed by atoms with E-state index in [1.165, 1.54) is 30.6 Å². The second kappa shape index (κ2) is 8.72. The van der Waals surface area contributed by atoms with E-state index in [4.69, 9.17) is 14.2 Å². The number of nitrogens with zero attached hydrogens (tertiary/aromatic N) is 2. The van der Waals surface area contributed by atoms with E-state index in [0.29, 0.717) is 41.8 Å². The Bertz CT molecular complexity index is 1290. The number of methoxy groups -OCH3 is 1. The van der Waals surface area contributed by atoms with Gasteiger partial charge in [0.05, 0.1) is 28.0 Å². The van der Waals surface area contributed by atoms with Crippen molar-refractivity contribution >= 4 is 37.3 Å². The molecule has 0 N–H and O–H groups in total. The number of aromatic nitrogens is 1. The monoisotopic (exact) mass is 462 g/mol. The normalized spacial score (nSPS) is 14.1. The third kappa shape index (κ3) is 4.45. The summed E-state index contributed by atoms with van der Waals surface area (Å²) in [7, 11) is -2.09. The molecule has 0 bridgehead atoms. The number of hydrogen-bond acceptors (Lipinski definition) is 7. The maximum absolute atomic E-state index is 12.5. The summed E-state index contributed by atoms with van der Waals surface area (Å²) in [5.74, 6) is 1.11. The van der Waals surface area contributed by atoms with Gasteiger partial charge in [-0.3, -0.25) is 4.79 Å². The predicted molar refractivity (Wildman–Crippen MR) is 117 cm³/mol. The number of ether oxygens (including phenoxy) is 3. The van der Waals surface area contributed by atoms with Crippen molar-refractivity contribution in [1.29, 1.82) is 0 Å². The Morgan fingerprint density at radius 1 is 1.16 bits per heavy atom. The van der Waals surface area contributed by atoms with Crippen LogP contribution in [-0.2, 0) is 21.2 Å². The zero-order valence-electron chi connectivity index (χ0n) is 17.2. The highest BCUT2D eigenvalue weighted by molar-refractivity contribution is 7.91. The summed E-state index contributed by atoms with van der Waals surface area (Å²) in [5, 5.41) is 0. The molecule has 10 heteroatoms. The summed E-state index contributed by atoms with van der Waals surface area (Å²) < 4.78 is 44.2. The van der Waals surface area contributed by atoms with E-state index in [2.05, 4.69) is 4.99 Å². The van der Waals surface area contributed by atoms with Crippen molar-refractivity contribution in [3.8, 4) is 17.2 Å². The van der Waals surface area contributed by atoms with Gasteiger partial charge in [-0.1, -0.05) is 11.3 Å². The molecule has 31 heavy (non-hydrogen) atoms. The van der Waals surface area contributed by atoms with Crippen molar-refractivity contribution in [3.63, 3.8) is 0 Å². The largest absolute Gasteiger partial charge is 0.497 e. The van der Waals surface area contributed by atoms with E-state index < -0.39 is 15.7 Å². The van der Waals surface area contributed by atoms with E-state index in [9.17, 15) is 13.2 Å². The van der Waals surface area contributed by atoms with Crippen LogP contribution in [0.4, 0.5) is 0 Å². The summed E-state index contributed by atoms with van der Waals surface area (Å²) in [5.41, 5.74) is 0.897. The van der Waals surface area contributed by atoms with Gasteiger partial charge in [0.15, 0.2) is 26.1 Å². The van der Waals surface area contributed by atoms with Crippen molar-refractivity contribution in [2.24, 2.45) is 4.99 Å². The Balaban J connectivity index is 1.57. The van der Waals surface area contributed by atoms with Crippen LogP contribution < -0.4 is 19.0 Å². The summed E-state index contributed by atoms with van der Waals surface area (Å²) in [6.07, 6.45) is -0.199. The average Bonchev–Trinajstić information content (AvgIpc) is 3.11. The van der Waals surface area contributed by atoms with Crippen molar-refractivity contribution in [2.75, 3.05) is 26.1 Å². The lowest BCUT2D eigenvalue weighted by Crippen LogP contribution is -2.18. The molecule has 8 nitrogen and oxygen atoms in total. The summed E-state index contributed by atoms with van der Waals surface area (Å²) in [6, 6.07) is 9.87. The predicted octanol–water partition coefficient (Wildman–Crippen LogP) is 2.79. The minimum Gasteiger partial charge on any atom is -0.497 e. The zero-order chi connectivity index (χ0) is 22.0. The molecule has 4 rings (SSSR count). The van der Waals surface area contributed by atoms with Gasteiger partial charge in [-0.05, 0) is 31.2 Å². The quantitative estimate of drug-likeness (QED) is 0.559. The highest BCUT2D eigenvalue weighted by Gasteiger charge is 2.18. The van der Waals surface area contributed by atoms with Gasteiger partial charge in [0, 0.05) is 25.1 Å². The number of benzene rings is 2. The van der Waals surface area contributed by atoms with Gasteiger partial charge < -0.3 is 18.8 Å². The molecule has 0 unspecified atom stereocenters. The number of amides is 1. The summed E-state index contributed by atoms with van der Waals surface area (Å²) >= 11 is 1.36. The van der Waals surface area contributed by atoms with Crippen LogP contribution >= 0.6 is 11.3 Å². The first-order valence-electron chi connectivity index (χ1n) is 9.78. The van der Waals surface area contributed by atoms with Crippen LogP contribution in [0.3, 0.4) is 0 Å². The average molecular weight is 463 g/mol. The molecule has 3 aromatic rings. The number of carbonyl (C=O) groups excluding carboxylic acids is 1. The van der Waals surface area contributed by atoms with Crippen molar-refractivity contribution in [1.82, 2.24) is 4.57 Å². The number of fused-ring (bicyclic) bond motifs is 2. The van der Waals surface area contributed by atoms with E-state index in [-0.39, 0.29) is 17.1 Å². The van der Waals surface area contributed by atoms with Crippen LogP contribution in [0, 0.1) is 0 Å². The second-order valence-corrected chi connectivity index (χ2v) is 9.96. The highest BCUT2D eigenvalue weighted by Crippen LogP contribution is 2.35. The van der Waals surface area contributed by atoms with Crippen LogP contribution in [0.2, 0.25) is 0 Å². The molecular formula is C21H22N2O6S2. The fraction of sp³-hybridized carbons (Fsp3) is 0.333. The number of rotatable bonds is 6. The molecule has 0 atom stereocenters. The first kappa shape index (κ1) is 21.4. The van der Waals surface area contributed by atoms with Gasteiger partial charge in [0.2, 0.25) is 5.91 Å². The molecule has 2 aromatic carbocycles. The van der Waals surface area contributed by atoms with Gasteiger partial charge in [0.1, 0.15) is 19.0 Å². The van der Waals surface area contributed by atoms with E-state index >= 15 is 0 Å². The van der Waals surface area contributed by atoms with Crippen molar-refractivity contribution < 1.29 is 27.4 Å². The number of thiazole rings is 1. The summed E-state index contributed by atoms with van der Waals surface area (Å²) in [6.45, 7) is 3.56. The fourth-order valence-corrected chi connectivity index (χ4v) is 5.63. The smallest absolute Gasteiger partial charge is 0.249 e. The lowest BCUT2D eigenvalue weighted by molar-refractivity contribution is -0.117. The molecular weight excluding hydrogens is 440 g/mol. The van der Waals surface area contributed by atoms with Gasteiger partial charge in [-0.2, -0.15) is 4.99 Å². The first-order valence-corrected chi connectivity index (χ1v) is 12.3. The second-order valence-electron chi connectivity index (χ2n) is 6.84. The van der Waals surface area contributed by atoms with E-state index in [1.54, 1.807) is 12.1 Å². The van der Waals surface area contributed by atoms with Crippen LogP contribution in [0.1, 0.15) is 13.3 Å². The molecule has 164 valence electrons. The SMILES string of the molecule is CCn1c(=NC(=O)CCS(=O)(=O)c2ccc(OC)cc2)sc2cc3c(cc21)OCCO3. The zero-order valence-corrected chi connectivity index (χ0v) is 18.8. The summed E-state index contributed by atoms with van der Waals surface area (Å²) in [4.78, 5) is 17.3. The van der Waals surface area contributed by atoms with Gasteiger partial charge >= 0.3 is 0 Å². The number of hydrogen-bond donors (Lipinski definition) is 0. The molecule has 0 spiro atoms. The van der Waals surface area contributed by atoms with Crippen LogP contribution in [0.15, 0.2) is 46.3 Å². The van der Waals surface area contributed by atoms with Crippen LogP contribution in [0.5, 0.6) is 17.2 Å². The van der Waals surface area contributed by atoms with E-state index in [0.717, 1.165) is 10.2 Å². The molecule has 1 amide bonds. The lowest BCUT2D eigenvalue weighted by atomic mass is 10.2. The fourth-order valence-electron chi connectivity index (χ4n) is 3.28. The van der Waals surface area contributed by atoms with Crippen molar-refractivity contribution in [2.45, 2.75) is 24.8 Å². The van der Waals surface area contributed by atoms with Gasteiger partial charge in [0.25, 0.3) is 0 Å². The molecule has 2 heterocycles. The van der Waals surface area contributed by atoms with Gasteiger partial charge in [-0.25, -0.2) is 8.42 Å². The Labute approximate surface area is 183 Å². The molecule has 1 aromatic heterocycles. The maximum Gasteiger partial charge on any atom is 0.249 e. The Hall–Kier alpha value is -2.85. The third-order valence-corrected chi connectivity index (χ3v) is 7.66. The molecule has 1 aliphatic rings. The molecule has 0 radical (unpaired) electrons. The molecule has 0 fully saturated rings. The molecule has 0 saturated heterocycles. The molecule has 1 aliphatic heterocycles.